The zero-order valence-corrected chi connectivity index (χ0v) is 12.2. The Balaban J connectivity index is 2.15. The van der Waals surface area contributed by atoms with Gasteiger partial charge < -0.3 is 16.2 Å². The fourth-order valence-corrected chi connectivity index (χ4v) is 2.23. The smallest absolute Gasteiger partial charge is 0.339 e. The monoisotopic (exact) mass is 287 g/mol. The highest BCUT2D eigenvalue weighted by molar-refractivity contribution is 5.92. The summed E-state index contributed by atoms with van der Waals surface area (Å²) in [6, 6.07) is 3.87. The zero-order valence-electron chi connectivity index (χ0n) is 12.2. The Morgan fingerprint density at radius 3 is 2.10 bits per heavy atom. The molecule has 1 aromatic carbocycles. The maximum absolute atomic E-state index is 12.2. The lowest BCUT2D eigenvalue weighted by Crippen LogP contribution is -2.13. The molecule has 7 heteroatoms. The highest BCUT2D eigenvalue weighted by Gasteiger charge is 2.15. The molecule has 0 aliphatic carbocycles. The number of carbonyl (C=O) groups is 1. The van der Waals surface area contributed by atoms with E-state index in [9.17, 15) is 4.79 Å². The van der Waals surface area contributed by atoms with Crippen LogP contribution < -0.4 is 11.5 Å². The van der Waals surface area contributed by atoms with Crippen molar-refractivity contribution in [3.8, 4) is 0 Å². The minimum Gasteiger partial charge on any atom is -0.454 e. The number of hydrogen-bond acceptors (Lipinski definition) is 7. The van der Waals surface area contributed by atoms with Crippen LogP contribution in [-0.4, -0.2) is 20.9 Å². The maximum atomic E-state index is 12.2. The molecule has 0 radical (unpaired) electrons. The molecular formula is C14H17N5O2. The first-order chi connectivity index (χ1) is 9.86. The molecule has 0 atom stereocenters. The average molecular weight is 287 g/mol. The predicted octanol–water partition coefficient (Wildman–Crippen LogP) is 1.32. The van der Waals surface area contributed by atoms with Gasteiger partial charge in [0.15, 0.2) is 12.4 Å². The van der Waals surface area contributed by atoms with Crippen molar-refractivity contribution in [2.45, 2.75) is 27.4 Å². The van der Waals surface area contributed by atoms with Crippen molar-refractivity contribution in [3.63, 3.8) is 0 Å². The lowest BCUT2D eigenvalue weighted by atomic mass is 10.00. The van der Waals surface area contributed by atoms with Gasteiger partial charge in [-0.3, -0.25) is 0 Å². The Kier molecular flexibility index (Phi) is 4.02. The van der Waals surface area contributed by atoms with Crippen molar-refractivity contribution in [2.75, 3.05) is 11.5 Å². The highest BCUT2D eigenvalue weighted by Crippen LogP contribution is 2.18. The van der Waals surface area contributed by atoms with E-state index in [4.69, 9.17) is 16.2 Å². The third-order valence-electron chi connectivity index (χ3n) is 2.93. The topological polar surface area (TPSA) is 117 Å². The number of ether oxygens (including phenoxy) is 1. The van der Waals surface area contributed by atoms with E-state index in [0.29, 0.717) is 5.56 Å². The molecule has 0 unspecified atom stereocenters. The minimum absolute atomic E-state index is 0.00348. The molecule has 0 saturated carbocycles. The van der Waals surface area contributed by atoms with Crippen LogP contribution in [0.3, 0.4) is 0 Å². The largest absolute Gasteiger partial charge is 0.454 e. The number of aryl methyl sites for hydroxylation is 3. The van der Waals surface area contributed by atoms with Crippen LogP contribution >= 0.6 is 0 Å². The van der Waals surface area contributed by atoms with Crippen molar-refractivity contribution in [2.24, 2.45) is 0 Å². The van der Waals surface area contributed by atoms with Gasteiger partial charge in [0.25, 0.3) is 0 Å². The van der Waals surface area contributed by atoms with E-state index in [0.717, 1.165) is 16.7 Å². The third-order valence-corrected chi connectivity index (χ3v) is 2.93. The molecule has 0 aliphatic heterocycles. The number of rotatable bonds is 3. The number of esters is 1. The van der Waals surface area contributed by atoms with Crippen molar-refractivity contribution >= 4 is 17.9 Å². The molecule has 7 nitrogen and oxygen atoms in total. The van der Waals surface area contributed by atoms with Crippen LogP contribution in [0.25, 0.3) is 0 Å². The second kappa shape index (κ2) is 5.74. The van der Waals surface area contributed by atoms with Crippen LogP contribution in [0, 0.1) is 20.8 Å². The normalized spacial score (nSPS) is 10.4. The van der Waals surface area contributed by atoms with E-state index < -0.39 is 5.97 Å². The summed E-state index contributed by atoms with van der Waals surface area (Å²) in [6.45, 7) is 5.61. The van der Waals surface area contributed by atoms with Gasteiger partial charge in [-0.05, 0) is 31.9 Å². The summed E-state index contributed by atoms with van der Waals surface area (Å²) in [5.41, 5.74) is 14.3. The second-order valence-corrected chi connectivity index (χ2v) is 4.82. The van der Waals surface area contributed by atoms with Gasteiger partial charge in [-0.25, -0.2) is 4.79 Å². The number of nitrogens with two attached hydrogens (primary N) is 2. The van der Waals surface area contributed by atoms with E-state index in [1.807, 2.05) is 32.9 Å². The van der Waals surface area contributed by atoms with Crippen molar-refractivity contribution in [1.82, 2.24) is 15.0 Å². The first-order valence-electron chi connectivity index (χ1n) is 6.37. The second-order valence-electron chi connectivity index (χ2n) is 4.82. The number of anilines is 2. The van der Waals surface area contributed by atoms with E-state index in [1.54, 1.807) is 0 Å². The first-order valence-corrected chi connectivity index (χ1v) is 6.37. The number of aromatic nitrogens is 3. The molecule has 4 N–H and O–H groups in total. The molecule has 0 fully saturated rings. The van der Waals surface area contributed by atoms with Crippen LogP contribution in [0.5, 0.6) is 0 Å². The summed E-state index contributed by atoms with van der Waals surface area (Å²) in [7, 11) is 0. The molecule has 110 valence electrons. The zero-order chi connectivity index (χ0) is 15.6. The van der Waals surface area contributed by atoms with E-state index in [-0.39, 0.29) is 24.3 Å². The van der Waals surface area contributed by atoms with Crippen molar-refractivity contribution in [3.05, 3.63) is 40.2 Å². The van der Waals surface area contributed by atoms with Gasteiger partial charge in [-0.15, -0.1) is 0 Å². The predicted molar refractivity (Wildman–Crippen MR) is 78.4 cm³/mol. The van der Waals surface area contributed by atoms with Gasteiger partial charge in [0, 0.05) is 0 Å². The molecule has 0 saturated heterocycles. The first kappa shape index (κ1) is 14.7. The summed E-state index contributed by atoms with van der Waals surface area (Å²) in [4.78, 5) is 23.5. The third kappa shape index (κ3) is 3.44. The van der Waals surface area contributed by atoms with Gasteiger partial charge in [0.05, 0.1) is 5.56 Å². The van der Waals surface area contributed by atoms with E-state index in [2.05, 4.69) is 15.0 Å². The van der Waals surface area contributed by atoms with Gasteiger partial charge in [-0.2, -0.15) is 15.0 Å². The lowest BCUT2D eigenvalue weighted by Gasteiger charge is -2.10. The van der Waals surface area contributed by atoms with Crippen LogP contribution in [0.1, 0.15) is 32.9 Å². The van der Waals surface area contributed by atoms with E-state index in [1.165, 1.54) is 0 Å². The molecule has 0 bridgehead atoms. The highest BCUT2D eigenvalue weighted by atomic mass is 16.5. The molecule has 1 heterocycles. The van der Waals surface area contributed by atoms with Crippen LogP contribution in [0.2, 0.25) is 0 Å². The number of nitrogens with zero attached hydrogens (tertiary/aromatic N) is 3. The van der Waals surface area contributed by atoms with Gasteiger partial charge in [0.2, 0.25) is 11.9 Å². The Morgan fingerprint density at radius 1 is 1.05 bits per heavy atom. The number of benzene rings is 1. The Bertz CT molecular complexity index is 657. The molecule has 21 heavy (non-hydrogen) atoms. The summed E-state index contributed by atoms with van der Waals surface area (Å²) >= 11 is 0. The number of hydrogen-bond donors (Lipinski definition) is 2. The fourth-order valence-electron chi connectivity index (χ4n) is 2.23. The summed E-state index contributed by atoms with van der Waals surface area (Å²) in [5.74, 6) is -0.217. The molecular weight excluding hydrogens is 270 g/mol. The van der Waals surface area contributed by atoms with Crippen molar-refractivity contribution in [1.29, 1.82) is 0 Å². The lowest BCUT2D eigenvalue weighted by molar-refractivity contribution is 0.0460. The van der Waals surface area contributed by atoms with Crippen molar-refractivity contribution < 1.29 is 9.53 Å². The Labute approximate surface area is 122 Å². The Hall–Kier alpha value is -2.70. The molecule has 2 aromatic rings. The Morgan fingerprint density at radius 2 is 1.57 bits per heavy atom. The summed E-state index contributed by atoms with van der Waals surface area (Å²) in [5, 5.41) is 0. The van der Waals surface area contributed by atoms with Crippen LogP contribution in [0.4, 0.5) is 11.9 Å². The molecule has 0 aliphatic rings. The summed E-state index contributed by atoms with van der Waals surface area (Å²) in [6.07, 6.45) is 0. The molecule has 0 spiro atoms. The maximum Gasteiger partial charge on any atom is 0.339 e. The van der Waals surface area contributed by atoms with Gasteiger partial charge in [-0.1, -0.05) is 17.7 Å². The quantitative estimate of drug-likeness (QED) is 0.817. The van der Waals surface area contributed by atoms with Crippen LogP contribution in [0.15, 0.2) is 12.1 Å². The minimum atomic E-state index is -0.428. The number of nitrogen functional groups attached to an aromatic ring is 2. The average Bonchev–Trinajstić information content (AvgIpc) is 2.34. The molecule has 0 amide bonds. The van der Waals surface area contributed by atoms with Gasteiger partial charge in [0.1, 0.15) is 0 Å². The van der Waals surface area contributed by atoms with Gasteiger partial charge >= 0.3 is 5.97 Å². The fraction of sp³-hybridized carbons (Fsp3) is 0.286. The standard InChI is InChI=1S/C14H17N5O2/c1-7-4-8(2)11(9(3)5-7)12(20)21-6-10-17-13(15)19-14(16)18-10/h4-5H,6H2,1-3H3,(H4,15,16,17,18,19). The number of carbonyl (C=O) groups excluding carboxylic acids is 1. The van der Waals surface area contributed by atoms with E-state index >= 15 is 0 Å². The molecule has 1 aromatic heterocycles. The van der Waals surface area contributed by atoms with Crippen LogP contribution in [-0.2, 0) is 11.3 Å². The molecule has 2 rings (SSSR count). The summed E-state index contributed by atoms with van der Waals surface area (Å²) < 4.78 is 5.22. The SMILES string of the molecule is Cc1cc(C)c(C(=O)OCc2nc(N)nc(N)n2)c(C)c1.